The first-order chi connectivity index (χ1) is 13.7. The topological polar surface area (TPSA) is 96.9 Å². The minimum atomic E-state index is -0.667. The molecule has 2 aromatic rings. The van der Waals surface area contributed by atoms with E-state index in [0.29, 0.717) is 18.8 Å². The zero-order chi connectivity index (χ0) is 21.7. The Bertz CT molecular complexity index is 1050. The van der Waals surface area contributed by atoms with Gasteiger partial charge in [0.2, 0.25) is 11.8 Å². The molecule has 1 aromatic heterocycles. The molecule has 2 rings (SSSR count). The maximum atomic E-state index is 12.8. The van der Waals surface area contributed by atoms with Crippen LogP contribution >= 0.6 is 11.8 Å². The Balaban J connectivity index is 2.59. The number of amides is 1. The normalized spacial score (nSPS) is 11.6. The van der Waals surface area contributed by atoms with E-state index in [0.717, 1.165) is 26.5 Å². The van der Waals surface area contributed by atoms with Gasteiger partial charge in [0.15, 0.2) is 0 Å². The van der Waals surface area contributed by atoms with Gasteiger partial charge in [-0.15, -0.1) is 0 Å². The van der Waals surface area contributed by atoms with Crippen molar-refractivity contribution in [3.05, 3.63) is 56.2 Å². The van der Waals surface area contributed by atoms with E-state index in [2.05, 4.69) is 4.99 Å². The van der Waals surface area contributed by atoms with Crippen molar-refractivity contribution in [1.29, 1.82) is 0 Å². The van der Waals surface area contributed by atoms with Crippen molar-refractivity contribution in [1.82, 2.24) is 14.0 Å². The van der Waals surface area contributed by atoms with Crippen molar-refractivity contribution < 1.29 is 9.90 Å². The number of aryl methyl sites for hydroxylation is 1. The quantitative estimate of drug-likeness (QED) is 0.570. The average molecular weight is 419 g/mol. The number of nitrogens with zero attached hydrogens (tertiary/aromatic N) is 4. The van der Waals surface area contributed by atoms with E-state index >= 15 is 0 Å². The Morgan fingerprint density at radius 3 is 2.41 bits per heavy atom. The molecule has 1 heterocycles. The molecule has 156 valence electrons. The van der Waals surface area contributed by atoms with Crippen LogP contribution in [-0.2, 0) is 18.9 Å². The fraction of sp³-hybridized carbons (Fsp3) is 0.400. The molecule has 1 amide bonds. The molecule has 0 unspecified atom stereocenters. The van der Waals surface area contributed by atoms with E-state index in [4.69, 9.17) is 0 Å². The summed E-state index contributed by atoms with van der Waals surface area (Å²) in [6.45, 7) is 6.85. The number of aromatic nitrogens is 2. The van der Waals surface area contributed by atoms with Gasteiger partial charge < -0.3 is 10.0 Å². The third kappa shape index (κ3) is 4.97. The summed E-state index contributed by atoms with van der Waals surface area (Å²) < 4.78 is 1.89. The fourth-order valence-electron chi connectivity index (χ4n) is 2.79. The molecule has 0 radical (unpaired) electrons. The first-order valence-electron chi connectivity index (χ1n) is 9.26. The van der Waals surface area contributed by atoms with Crippen molar-refractivity contribution >= 4 is 28.4 Å². The summed E-state index contributed by atoms with van der Waals surface area (Å²) in [7, 11) is 2.71. The van der Waals surface area contributed by atoms with Gasteiger partial charge in [-0.3, -0.25) is 18.7 Å². The lowest BCUT2D eigenvalue weighted by molar-refractivity contribution is -0.127. The third-order valence-electron chi connectivity index (χ3n) is 4.53. The highest BCUT2D eigenvalue weighted by atomic mass is 32.2. The highest BCUT2D eigenvalue weighted by Gasteiger charge is 2.22. The Hall–Kier alpha value is -2.81. The summed E-state index contributed by atoms with van der Waals surface area (Å²) in [6.07, 6.45) is 0. The molecule has 8 nitrogen and oxygen atoms in total. The van der Waals surface area contributed by atoms with E-state index in [9.17, 15) is 19.5 Å². The highest BCUT2D eigenvalue weighted by Crippen LogP contribution is 2.23. The summed E-state index contributed by atoms with van der Waals surface area (Å²) in [4.78, 5) is 43.5. The lowest BCUT2D eigenvalue weighted by atomic mass is 10.2. The number of carbonyl (C=O) groups excluding carboxylic acids is 1. The number of carbonyl (C=O) groups is 1. The predicted molar refractivity (Wildman–Crippen MR) is 116 cm³/mol. The van der Waals surface area contributed by atoms with Gasteiger partial charge in [0.1, 0.15) is 10.6 Å². The van der Waals surface area contributed by atoms with Crippen LogP contribution in [0.25, 0.3) is 0 Å². The molecule has 0 spiro atoms. The van der Waals surface area contributed by atoms with Crippen LogP contribution < -0.4 is 11.2 Å². The third-order valence-corrected chi connectivity index (χ3v) is 5.49. The molecule has 0 aliphatic carbocycles. The molecule has 0 aliphatic heterocycles. The van der Waals surface area contributed by atoms with E-state index in [1.54, 1.807) is 11.0 Å². The van der Waals surface area contributed by atoms with Gasteiger partial charge in [-0.1, -0.05) is 23.9 Å². The molecule has 9 heteroatoms. The average Bonchev–Trinajstić information content (AvgIpc) is 2.70. The second-order valence-corrected chi connectivity index (χ2v) is 7.48. The van der Waals surface area contributed by atoms with E-state index < -0.39 is 17.1 Å². The molecule has 1 N–H and O–H groups in total. The number of aliphatic imine (C=N–C) groups is 1. The number of hydrogen-bond donors (Lipinski definition) is 1. The van der Waals surface area contributed by atoms with E-state index in [-0.39, 0.29) is 22.3 Å². The van der Waals surface area contributed by atoms with Gasteiger partial charge in [0.25, 0.3) is 5.56 Å². The molecule has 0 saturated carbocycles. The van der Waals surface area contributed by atoms with Crippen LogP contribution in [0.2, 0.25) is 0 Å². The molecular formula is C20H26N4O4S. The minimum Gasteiger partial charge on any atom is -0.494 e. The van der Waals surface area contributed by atoms with Crippen LogP contribution in [0.1, 0.15) is 25.0 Å². The maximum Gasteiger partial charge on any atom is 0.333 e. The monoisotopic (exact) mass is 418 g/mol. The largest absolute Gasteiger partial charge is 0.494 e. The number of rotatable bonds is 6. The first-order valence-corrected chi connectivity index (χ1v) is 10.2. The first kappa shape index (κ1) is 22.5. The Labute approximate surface area is 173 Å². The zero-order valence-corrected chi connectivity index (χ0v) is 18.1. The Kier molecular flexibility index (Phi) is 7.44. The number of aromatic hydroxyl groups is 1. The van der Waals surface area contributed by atoms with Crippen LogP contribution in [-0.4, -0.2) is 48.9 Å². The smallest absolute Gasteiger partial charge is 0.333 e. The van der Waals surface area contributed by atoms with E-state index in [1.165, 1.54) is 14.1 Å². The lowest BCUT2D eigenvalue weighted by Crippen LogP contribution is -2.40. The lowest BCUT2D eigenvalue weighted by Gasteiger charge is -2.18. The molecule has 0 bridgehead atoms. The molecule has 0 atom stereocenters. The highest BCUT2D eigenvalue weighted by molar-refractivity contribution is 8.15. The zero-order valence-electron chi connectivity index (χ0n) is 17.3. The molecule has 0 aliphatic rings. The van der Waals surface area contributed by atoms with Crippen molar-refractivity contribution in [3.63, 3.8) is 0 Å². The SMILES string of the molecule is CCN(CC)C(=O)CSC(=Nc1cccc(C)c1)c1c(O)n(C)c(=O)n(C)c1=O. The van der Waals surface area contributed by atoms with Crippen LogP contribution in [0.4, 0.5) is 5.69 Å². The summed E-state index contributed by atoms with van der Waals surface area (Å²) in [5.74, 6) is -0.525. The maximum absolute atomic E-state index is 12.8. The van der Waals surface area contributed by atoms with Crippen LogP contribution in [0.15, 0.2) is 38.8 Å². The van der Waals surface area contributed by atoms with Crippen molar-refractivity contribution in [2.45, 2.75) is 20.8 Å². The molecule has 0 fully saturated rings. The summed E-state index contributed by atoms with van der Waals surface area (Å²) in [5, 5.41) is 10.7. The van der Waals surface area contributed by atoms with Crippen LogP contribution in [0.5, 0.6) is 5.88 Å². The van der Waals surface area contributed by atoms with Crippen molar-refractivity contribution in [3.8, 4) is 5.88 Å². The Morgan fingerprint density at radius 1 is 1.17 bits per heavy atom. The summed E-state index contributed by atoms with van der Waals surface area (Å²) >= 11 is 1.06. The summed E-state index contributed by atoms with van der Waals surface area (Å²) in [5.41, 5.74) is 0.147. The fourth-order valence-corrected chi connectivity index (χ4v) is 3.73. The number of benzene rings is 1. The number of thioether (sulfide) groups is 1. The van der Waals surface area contributed by atoms with Crippen LogP contribution in [0.3, 0.4) is 0 Å². The Morgan fingerprint density at radius 2 is 1.83 bits per heavy atom. The molecule has 0 saturated heterocycles. The molecule has 1 aromatic carbocycles. The van der Waals surface area contributed by atoms with Gasteiger partial charge >= 0.3 is 5.69 Å². The van der Waals surface area contributed by atoms with Crippen LogP contribution in [0, 0.1) is 6.92 Å². The van der Waals surface area contributed by atoms with Gasteiger partial charge in [0, 0.05) is 27.2 Å². The minimum absolute atomic E-state index is 0.0533. The number of hydrogen-bond acceptors (Lipinski definition) is 6. The second kappa shape index (κ2) is 9.60. The van der Waals surface area contributed by atoms with Crippen molar-refractivity contribution in [2.24, 2.45) is 19.1 Å². The second-order valence-electron chi connectivity index (χ2n) is 6.52. The summed E-state index contributed by atoms with van der Waals surface area (Å²) in [6, 6.07) is 7.34. The van der Waals surface area contributed by atoms with Gasteiger partial charge in [0.05, 0.1) is 11.4 Å². The van der Waals surface area contributed by atoms with Gasteiger partial charge in [-0.25, -0.2) is 9.79 Å². The van der Waals surface area contributed by atoms with Crippen molar-refractivity contribution in [2.75, 3.05) is 18.8 Å². The van der Waals surface area contributed by atoms with Gasteiger partial charge in [-0.05, 0) is 38.5 Å². The van der Waals surface area contributed by atoms with Gasteiger partial charge in [-0.2, -0.15) is 0 Å². The molecule has 29 heavy (non-hydrogen) atoms. The standard InChI is InChI=1S/C20H26N4O4S/c1-6-24(7-2)15(25)12-29-17(21-14-10-8-9-13(3)11-14)16-18(26)22(4)20(28)23(5)19(16)27/h8-11,26H,6-7,12H2,1-5H3. The predicted octanol–water partition coefficient (Wildman–Crippen LogP) is 1.78. The van der Waals surface area contributed by atoms with E-state index in [1.807, 2.05) is 39.0 Å². The molecular weight excluding hydrogens is 392 g/mol.